The zero-order chi connectivity index (χ0) is 16.2. The summed E-state index contributed by atoms with van der Waals surface area (Å²) in [6.07, 6.45) is 3.19. The first-order chi connectivity index (χ1) is 11.1. The van der Waals surface area contributed by atoms with Crippen molar-refractivity contribution in [2.24, 2.45) is 0 Å². The van der Waals surface area contributed by atoms with Crippen LogP contribution in [0.15, 0.2) is 65.7 Å². The van der Waals surface area contributed by atoms with E-state index < -0.39 is 0 Å². The second-order valence-electron chi connectivity index (χ2n) is 5.14. The minimum absolute atomic E-state index is 0.0748. The highest BCUT2D eigenvalue weighted by Gasteiger charge is 2.15. The largest absolute Gasteiger partial charge is 0.345 e. The van der Waals surface area contributed by atoms with Crippen LogP contribution in [0.25, 0.3) is 5.69 Å². The summed E-state index contributed by atoms with van der Waals surface area (Å²) >= 11 is 3.44. The van der Waals surface area contributed by atoms with E-state index in [-0.39, 0.29) is 11.9 Å². The molecule has 2 aromatic carbocycles. The summed E-state index contributed by atoms with van der Waals surface area (Å²) in [5.41, 5.74) is 2.46. The van der Waals surface area contributed by atoms with Gasteiger partial charge in [-0.15, -0.1) is 10.2 Å². The van der Waals surface area contributed by atoms with Gasteiger partial charge in [-0.3, -0.25) is 9.36 Å². The highest BCUT2D eigenvalue weighted by molar-refractivity contribution is 9.10. The fourth-order valence-corrected chi connectivity index (χ4v) is 2.71. The number of carbonyl (C=O) groups excluding carboxylic acids is 1. The number of aromatic nitrogens is 3. The van der Waals surface area contributed by atoms with Crippen LogP contribution in [0, 0.1) is 0 Å². The highest BCUT2D eigenvalue weighted by atomic mass is 79.9. The minimum Gasteiger partial charge on any atom is -0.345 e. The molecule has 1 atom stereocenters. The Kier molecular flexibility index (Phi) is 4.52. The first-order valence-electron chi connectivity index (χ1n) is 7.15. The normalized spacial score (nSPS) is 11.9. The summed E-state index contributed by atoms with van der Waals surface area (Å²) in [4.78, 5) is 12.6. The van der Waals surface area contributed by atoms with Gasteiger partial charge in [0.25, 0.3) is 5.91 Å². The maximum absolute atomic E-state index is 12.6. The molecule has 0 saturated heterocycles. The molecule has 5 nitrogen and oxygen atoms in total. The van der Waals surface area contributed by atoms with Gasteiger partial charge in [-0.25, -0.2) is 0 Å². The van der Waals surface area contributed by atoms with Crippen molar-refractivity contribution in [3.8, 4) is 5.69 Å². The lowest BCUT2D eigenvalue weighted by Gasteiger charge is -2.15. The lowest BCUT2D eigenvalue weighted by atomic mass is 10.1. The molecule has 1 amide bonds. The Labute approximate surface area is 142 Å². The van der Waals surface area contributed by atoms with Crippen molar-refractivity contribution >= 4 is 21.8 Å². The number of rotatable bonds is 4. The number of nitrogens with zero attached hydrogens (tertiary/aromatic N) is 3. The average molecular weight is 371 g/mol. The molecule has 3 aromatic rings. The van der Waals surface area contributed by atoms with E-state index in [4.69, 9.17) is 0 Å². The highest BCUT2D eigenvalue weighted by Crippen LogP contribution is 2.21. The van der Waals surface area contributed by atoms with E-state index in [9.17, 15) is 4.79 Å². The topological polar surface area (TPSA) is 59.8 Å². The monoisotopic (exact) mass is 370 g/mol. The van der Waals surface area contributed by atoms with E-state index in [1.54, 1.807) is 23.3 Å². The van der Waals surface area contributed by atoms with Gasteiger partial charge in [0.2, 0.25) is 0 Å². The molecule has 0 spiro atoms. The van der Waals surface area contributed by atoms with Crippen molar-refractivity contribution in [2.45, 2.75) is 13.0 Å². The van der Waals surface area contributed by atoms with Gasteiger partial charge in [-0.1, -0.05) is 30.3 Å². The first-order valence-corrected chi connectivity index (χ1v) is 7.95. The van der Waals surface area contributed by atoms with E-state index >= 15 is 0 Å². The van der Waals surface area contributed by atoms with Crippen molar-refractivity contribution in [1.82, 2.24) is 20.1 Å². The summed E-state index contributed by atoms with van der Waals surface area (Å²) in [5, 5.41) is 10.6. The zero-order valence-electron chi connectivity index (χ0n) is 12.5. The fourth-order valence-electron chi connectivity index (χ4n) is 2.28. The molecule has 0 unspecified atom stereocenters. The third-order valence-electron chi connectivity index (χ3n) is 3.56. The van der Waals surface area contributed by atoms with E-state index in [2.05, 4.69) is 31.4 Å². The molecule has 6 heteroatoms. The summed E-state index contributed by atoms with van der Waals surface area (Å²) in [6.45, 7) is 1.96. The Bertz CT molecular complexity index is 803. The molecule has 0 bridgehead atoms. The Morgan fingerprint density at radius 2 is 1.83 bits per heavy atom. The third-order valence-corrected chi connectivity index (χ3v) is 4.25. The molecule has 0 radical (unpaired) electrons. The van der Waals surface area contributed by atoms with Gasteiger partial charge in [0.15, 0.2) is 0 Å². The van der Waals surface area contributed by atoms with Gasteiger partial charge >= 0.3 is 0 Å². The summed E-state index contributed by atoms with van der Waals surface area (Å²) < 4.78 is 2.50. The second kappa shape index (κ2) is 6.75. The molecule has 0 aliphatic carbocycles. The summed E-state index contributed by atoms with van der Waals surface area (Å²) in [6, 6.07) is 15.3. The van der Waals surface area contributed by atoms with Crippen LogP contribution >= 0.6 is 15.9 Å². The van der Waals surface area contributed by atoms with Gasteiger partial charge in [-0.2, -0.15) is 0 Å². The zero-order valence-corrected chi connectivity index (χ0v) is 14.1. The van der Waals surface area contributed by atoms with Crippen molar-refractivity contribution in [3.05, 3.63) is 76.8 Å². The first kappa shape index (κ1) is 15.4. The minimum atomic E-state index is -0.136. The maximum Gasteiger partial charge on any atom is 0.252 e. The van der Waals surface area contributed by atoms with E-state index in [1.807, 2.05) is 49.4 Å². The Hall–Kier alpha value is -2.47. The summed E-state index contributed by atoms with van der Waals surface area (Å²) in [5.74, 6) is -0.136. The molecule has 116 valence electrons. The van der Waals surface area contributed by atoms with Crippen LogP contribution in [0.3, 0.4) is 0 Å². The molecule has 0 saturated carbocycles. The maximum atomic E-state index is 12.6. The molecule has 1 aromatic heterocycles. The molecule has 1 heterocycles. The number of hydrogen-bond donors (Lipinski definition) is 1. The molecular formula is C17H15BrN4O. The van der Waals surface area contributed by atoms with E-state index in [1.165, 1.54) is 0 Å². The van der Waals surface area contributed by atoms with Gasteiger partial charge in [0.05, 0.1) is 11.6 Å². The van der Waals surface area contributed by atoms with Gasteiger partial charge in [0, 0.05) is 10.2 Å². The summed E-state index contributed by atoms with van der Waals surface area (Å²) in [7, 11) is 0. The van der Waals surface area contributed by atoms with Crippen LogP contribution in [0.2, 0.25) is 0 Å². The number of hydrogen-bond acceptors (Lipinski definition) is 3. The SMILES string of the molecule is C[C@H](NC(=O)c1cc(-n2cnnc2)ccc1Br)c1ccccc1. The van der Waals surface area contributed by atoms with Crippen LogP contribution in [-0.2, 0) is 0 Å². The quantitative estimate of drug-likeness (QED) is 0.764. The molecule has 0 fully saturated rings. The van der Waals surface area contributed by atoms with Crippen LogP contribution in [0.1, 0.15) is 28.9 Å². The third kappa shape index (κ3) is 3.48. The van der Waals surface area contributed by atoms with Crippen molar-refractivity contribution in [2.75, 3.05) is 0 Å². The lowest BCUT2D eigenvalue weighted by molar-refractivity contribution is 0.0939. The molecular weight excluding hydrogens is 356 g/mol. The van der Waals surface area contributed by atoms with Gasteiger partial charge in [0.1, 0.15) is 12.7 Å². The standard InChI is InChI=1S/C17H15BrN4O/c1-12(13-5-3-2-4-6-13)21-17(23)15-9-14(7-8-16(15)18)22-10-19-20-11-22/h2-12H,1H3,(H,21,23)/t12-/m0/s1. The van der Waals surface area contributed by atoms with Crippen molar-refractivity contribution in [3.63, 3.8) is 0 Å². The molecule has 0 aliphatic heterocycles. The van der Waals surface area contributed by atoms with Crippen molar-refractivity contribution in [1.29, 1.82) is 0 Å². The van der Waals surface area contributed by atoms with E-state index in [0.29, 0.717) is 5.56 Å². The number of nitrogens with one attached hydrogen (secondary N) is 1. The number of halogens is 1. The fraction of sp³-hybridized carbons (Fsp3) is 0.118. The second-order valence-corrected chi connectivity index (χ2v) is 5.99. The Morgan fingerprint density at radius 1 is 1.13 bits per heavy atom. The van der Waals surface area contributed by atoms with Gasteiger partial charge in [-0.05, 0) is 46.6 Å². The smallest absolute Gasteiger partial charge is 0.252 e. The molecule has 1 N–H and O–H groups in total. The number of amides is 1. The van der Waals surface area contributed by atoms with Crippen molar-refractivity contribution < 1.29 is 4.79 Å². The molecule has 23 heavy (non-hydrogen) atoms. The van der Waals surface area contributed by atoms with Crippen LogP contribution in [-0.4, -0.2) is 20.7 Å². The Balaban J connectivity index is 1.83. The Morgan fingerprint density at radius 3 is 2.52 bits per heavy atom. The van der Waals surface area contributed by atoms with E-state index in [0.717, 1.165) is 15.7 Å². The number of benzene rings is 2. The van der Waals surface area contributed by atoms with Crippen LogP contribution in [0.5, 0.6) is 0 Å². The number of carbonyl (C=O) groups is 1. The van der Waals surface area contributed by atoms with Gasteiger partial charge < -0.3 is 5.32 Å². The molecule has 0 aliphatic rings. The van der Waals surface area contributed by atoms with Crippen LogP contribution < -0.4 is 5.32 Å². The predicted molar refractivity (Wildman–Crippen MR) is 91.4 cm³/mol. The lowest BCUT2D eigenvalue weighted by Crippen LogP contribution is -2.27. The predicted octanol–water partition coefficient (Wildman–Crippen LogP) is 3.52. The van der Waals surface area contributed by atoms with Crippen LogP contribution in [0.4, 0.5) is 0 Å². The molecule has 3 rings (SSSR count). The average Bonchev–Trinajstić information content (AvgIpc) is 3.10.